The molecule has 96 valence electrons. The molecule has 1 fully saturated rings. The largest absolute Gasteiger partial charge is 0.334 e. The van der Waals surface area contributed by atoms with Gasteiger partial charge in [-0.25, -0.2) is 0 Å². The van der Waals surface area contributed by atoms with Gasteiger partial charge in [0.1, 0.15) is 0 Å². The molecule has 0 spiro atoms. The molecule has 1 aliphatic carbocycles. The third-order valence-electron chi connectivity index (χ3n) is 4.19. The van der Waals surface area contributed by atoms with E-state index >= 15 is 0 Å². The summed E-state index contributed by atoms with van der Waals surface area (Å²) < 4.78 is 1.14. The van der Waals surface area contributed by atoms with Crippen LogP contribution in [0.1, 0.15) is 43.2 Å². The van der Waals surface area contributed by atoms with Gasteiger partial charge in [0.15, 0.2) is 0 Å². The van der Waals surface area contributed by atoms with Gasteiger partial charge in [0.2, 0.25) is 5.91 Å². The molecule has 3 heteroatoms. The van der Waals surface area contributed by atoms with E-state index in [1.165, 1.54) is 30.4 Å². The van der Waals surface area contributed by atoms with E-state index in [0.29, 0.717) is 5.91 Å². The minimum atomic E-state index is 0.284. The van der Waals surface area contributed by atoms with Crippen LogP contribution < -0.4 is 0 Å². The van der Waals surface area contributed by atoms with E-state index in [4.69, 9.17) is 0 Å². The van der Waals surface area contributed by atoms with Crippen LogP contribution in [0, 0.1) is 5.92 Å². The first-order valence-electron chi connectivity index (χ1n) is 6.81. The minimum Gasteiger partial charge on any atom is -0.334 e. The fraction of sp³-hybridized carbons (Fsp3) is 0.533. The van der Waals surface area contributed by atoms with Crippen molar-refractivity contribution in [2.75, 3.05) is 0 Å². The summed E-state index contributed by atoms with van der Waals surface area (Å²) in [5.41, 5.74) is 2.59. The summed E-state index contributed by atoms with van der Waals surface area (Å²) in [6, 6.07) is 6.25. The molecule has 2 nitrogen and oxygen atoms in total. The Labute approximate surface area is 116 Å². The number of fused-ring (bicyclic) bond motifs is 1. The first kappa shape index (κ1) is 12.2. The van der Waals surface area contributed by atoms with Crippen molar-refractivity contribution >= 4 is 21.8 Å². The molecule has 1 aromatic rings. The fourth-order valence-corrected chi connectivity index (χ4v) is 3.68. The van der Waals surface area contributed by atoms with Crippen LogP contribution >= 0.6 is 15.9 Å². The molecule has 3 rings (SSSR count). The van der Waals surface area contributed by atoms with Gasteiger partial charge in [0, 0.05) is 23.5 Å². The molecule has 0 atom stereocenters. The number of hydrogen-bond acceptors (Lipinski definition) is 1. The quantitative estimate of drug-likeness (QED) is 0.771. The average molecular weight is 308 g/mol. The summed E-state index contributed by atoms with van der Waals surface area (Å²) in [4.78, 5) is 14.5. The molecule has 1 heterocycles. The van der Waals surface area contributed by atoms with Gasteiger partial charge in [-0.3, -0.25) is 4.79 Å². The van der Waals surface area contributed by atoms with E-state index in [1.54, 1.807) is 0 Å². The van der Waals surface area contributed by atoms with Crippen molar-refractivity contribution in [3.63, 3.8) is 0 Å². The number of carbonyl (C=O) groups is 1. The number of benzene rings is 1. The highest BCUT2D eigenvalue weighted by Crippen LogP contribution is 2.32. The van der Waals surface area contributed by atoms with Crippen molar-refractivity contribution in [1.82, 2.24) is 4.90 Å². The Morgan fingerprint density at radius 2 is 1.94 bits per heavy atom. The van der Waals surface area contributed by atoms with Crippen molar-refractivity contribution in [2.24, 2.45) is 5.92 Å². The molecule has 0 unspecified atom stereocenters. The molecule has 2 aliphatic rings. The van der Waals surface area contributed by atoms with Gasteiger partial charge in [-0.05, 0) is 30.0 Å². The summed E-state index contributed by atoms with van der Waals surface area (Å²) in [5, 5.41) is 0. The first-order chi connectivity index (χ1) is 8.75. The topological polar surface area (TPSA) is 20.3 Å². The van der Waals surface area contributed by atoms with Crippen LogP contribution in [0.5, 0.6) is 0 Å². The Balaban J connectivity index is 1.73. The zero-order valence-electron chi connectivity index (χ0n) is 10.5. The molecule has 0 saturated heterocycles. The van der Waals surface area contributed by atoms with Gasteiger partial charge < -0.3 is 4.90 Å². The van der Waals surface area contributed by atoms with E-state index in [-0.39, 0.29) is 5.92 Å². The maximum Gasteiger partial charge on any atom is 0.226 e. The second kappa shape index (κ2) is 5.04. The zero-order valence-corrected chi connectivity index (χ0v) is 12.1. The molecule has 1 amide bonds. The highest BCUT2D eigenvalue weighted by Gasteiger charge is 2.30. The third kappa shape index (κ3) is 2.20. The second-order valence-corrected chi connectivity index (χ2v) is 6.26. The molecule has 1 aromatic carbocycles. The Bertz CT molecular complexity index is 466. The normalized spacial score (nSPS) is 19.9. The first-order valence-corrected chi connectivity index (χ1v) is 7.60. The van der Waals surface area contributed by atoms with E-state index in [9.17, 15) is 4.79 Å². The van der Waals surface area contributed by atoms with E-state index in [0.717, 1.165) is 30.4 Å². The SMILES string of the molecule is O=C(C1CCCCC1)N1Cc2cccc(Br)c2C1. The maximum absolute atomic E-state index is 12.5. The van der Waals surface area contributed by atoms with Crippen LogP contribution in [0.3, 0.4) is 0 Å². The molecule has 0 N–H and O–H groups in total. The van der Waals surface area contributed by atoms with Crippen LogP contribution in [0.15, 0.2) is 22.7 Å². The standard InChI is InChI=1S/C15H18BrNO/c16-14-8-4-7-12-9-17(10-13(12)14)15(18)11-5-2-1-3-6-11/h4,7-8,11H,1-3,5-6,9-10H2. The van der Waals surface area contributed by atoms with E-state index in [1.807, 2.05) is 4.90 Å². The smallest absolute Gasteiger partial charge is 0.226 e. The van der Waals surface area contributed by atoms with Gasteiger partial charge in [0.05, 0.1) is 0 Å². The van der Waals surface area contributed by atoms with Crippen molar-refractivity contribution in [3.8, 4) is 0 Å². The summed E-state index contributed by atoms with van der Waals surface area (Å²) >= 11 is 3.58. The molecule has 0 aromatic heterocycles. The van der Waals surface area contributed by atoms with Crippen LogP contribution in [-0.2, 0) is 17.9 Å². The number of carbonyl (C=O) groups excluding carboxylic acids is 1. The van der Waals surface area contributed by atoms with Gasteiger partial charge in [-0.15, -0.1) is 0 Å². The number of nitrogens with zero attached hydrogens (tertiary/aromatic N) is 1. The Kier molecular flexibility index (Phi) is 3.42. The monoisotopic (exact) mass is 307 g/mol. The summed E-state index contributed by atoms with van der Waals surface area (Å²) in [7, 11) is 0. The number of rotatable bonds is 1. The fourth-order valence-electron chi connectivity index (χ4n) is 3.14. The van der Waals surface area contributed by atoms with Crippen molar-refractivity contribution in [1.29, 1.82) is 0 Å². The summed E-state index contributed by atoms with van der Waals surface area (Å²) in [6.07, 6.45) is 5.93. The van der Waals surface area contributed by atoms with Gasteiger partial charge in [-0.1, -0.05) is 47.3 Å². The molecular formula is C15H18BrNO. The lowest BCUT2D eigenvalue weighted by atomic mass is 9.88. The summed E-state index contributed by atoms with van der Waals surface area (Å²) in [6.45, 7) is 1.58. The highest BCUT2D eigenvalue weighted by atomic mass is 79.9. The lowest BCUT2D eigenvalue weighted by molar-refractivity contribution is -0.137. The lowest BCUT2D eigenvalue weighted by Gasteiger charge is -2.25. The predicted molar refractivity (Wildman–Crippen MR) is 75.0 cm³/mol. The lowest BCUT2D eigenvalue weighted by Crippen LogP contribution is -2.33. The number of hydrogen-bond donors (Lipinski definition) is 0. The van der Waals surface area contributed by atoms with Crippen molar-refractivity contribution in [3.05, 3.63) is 33.8 Å². The number of halogens is 1. The van der Waals surface area contributed by atoms with Crippen LogP contribution in [-0.4, -0.2) is 10.8 Å². The predicted octanol–water partition coefficient (Wildman–Crippen LogP) is 3.87. The summed E-state index contributed by atoms with van der Waals surface area (Å²) in [5.74, 6) is 0.657. The van der Waals surface area contributed by atoms with Gasteiger partial charge in [-0.2, -0.15) is 0 Å². The molecule has 0 bridgehead atoms. The van der Waals surface area contributed by atoms with Crippen molar-refractivity contribution < 1.29 is 4.79 Å². The zero-order chi connectivity index (χ0) is 12.5. The van der Waals surface area contributed by atoms with Gasteiger partial charge >= 0.3 is 0 Å². The molecule has 0 radical (unpaired) electrons. The average Bonchev–Trinajstić information content (AvgIpc) is 2.84. The molecular weight excluding hydrogens is 290 g/mol. The minimum absolute atomic E-state index is 0.284. The Morgan fingerprint density at radius 3 is 2.67 bits per heavy atom. The molecule has 18 heavy (non-hydrogen) atoms. The van der Waals surface area contributed by atoms with E-state index in [2.05, 4.69) is 34.1 Å². The van der Waals surface area contributed by atoms with Gasteiger partial charge in [0.25, 0.3) is 0 Å². The highest BCUT2D eigenvalue weighted by molar-refractivity contribution is 9.10. The Hall–Kier alpha value is -0.830. The van der Waals surface area contributed by atoms with Crippen LogP contribution in [0.2, 0.25) is 0 Å². The number of amides is 1. The molecule has 1 saturated carbocycles. The third-order valence-corrected chi connectivity index (χ3v) is 4.94. The van der Waals surface area contributed by atoms with E-state index < -0.39 is 0 Å². The van der Waals surface area contributed by atoms with Crippen LogP contribution in [0.4, 0.5) is 0 Å². The van der Waals surface area contributed by atoms with Crippen molar-refractivity contribution in [2.45, 2.75) is 45.2 Å². The van der Waals surface area contributed by atoms with Crippen LogP contribution in [0.25, 0.3) is 0 Å². The molecule has 1 aliphatic heterocycles. The maximum atomic E-state index is 12.5. The second-order valence-electron chi connectivity index (χ2n) is 5.41. The Morgan fingerprint density at radius 1 is 1.17 bits per heavy atom.